The van der Waals surface area contributed by atoms with E-state index in [-0.39, 0.29) is 5.41 Å². The molecule has 1 heteroatoms. The molecule has 0 amide bonds. The molecule has 14 rings (SSSR count). The van der Waals surface area contributed by atoms with Crippen LogP contribution in [0.4, 0.5) is 17.1 Å². The number of benzene rings is 12. The van der Waals surface area contributed by atoms with Crippen molar-refractivity contribution in [2.24, 2.45) is 0 Å². The van der Waals surface area contributed by atoms with Crippen LogP contribution in [0.15, 0.2) is 291 Å². The maximum absolute atomic E-state index is 2.54. The third-order valence-electron chi connectivity index (χ3n) is 16.3. The van der Waals surface area contributed by atoms with E-state index in [1.54, 1.807) is 0 Å². The summed E-state index contributed by atoms with van der Waals surface area (Å²) >= 11 is 0. The fourth-order valence-corrected chi connectivity index (χ4v) is 13.0. The van der Waals surface area contributed by atoms with Gasteiger partial charge in [-0.2, -0.15) is 0 Å². The van der Waals surface area contributed by atoms with Crippen molar-refractivity contribution in [3.05, 3.63) is 330 Å². The van der Waals surface area contributed by atoms with Crippen LogP contribution in [-0.4, -0.2) is 0 Å². The van der Waals surface area contributed by atoms with E-state index in [4.69, 9.17) is 0 Å². The van der Waals surface area contributed by atoms with Crippen LogP contribution in [0, 0.1) is 0 Å². The summed E-state index contributed by atoms with van der Waals surface area (Å²) in [6, 6.07) is 108. The first-order chi connectivity index (χ1) is 36.6. The Bertz CT molecular complexity index is 4020. The number of hydrogen-bond donors (Lipinski definition) is 0. The molecular weight excluding hydrogens is 891 g/mol. The quantitative estimate of drug-likeness (QED) is 0.139. The Morgan fingerprint density at radius 1 is 0.270 bits per heavy atom. The number of hydrogen-bond acceptors (Lipinski definition) is 1. The molecule has 1 atom stereocenters. The van der Waals surface area contributed by atoms with Gasteiger partial charge >= 0.3 is 0 Å². The first-order valence-electron chi connectivity index (χ1n) is 25.8. The van der Waals surface area contributed by atoms with E-state index in [1.165, 1.54) is 99.8 Å². The van der Waals surface area contributed by atoms with Crippen molar-refractivity contribution in [1.82, 2.24) is 0 Å². The molecule has 0 aromatic heterocycles. The van der Waals surface area contributed by atoms with Crippen molar-refractivity contribution >= 4 is 27.8 Å². The monoisotopic (exact) mass is 941 g/mol. The van der Waals surface area contributed by atoms with Crippen LogP contribution in [0.25, 0.3) is 66.4 Å². The zero-order valence-electron chi connectivity index (χ0n) is 41.2. The molecule has 0 spiro atoms. The smallest absolute Gasteiger partial charge is 0.0714 e. The SMILES string of the molecule is CC1(c2ccccc2)c2ccccc2-c2c(-c3ccc(N(c4ccccc4-c4cccc5cccc(-c6ccccc6)c45)c4cccc5c4-c4ccccc4C5(c4ccccc4)c4ccccc4)cc3)cccc21. The zero-order valence-corrected chi connectivity index (χ0v) is 41.2. The molecule has 0 radical (unpaired) electrons. The van der Waals surface area contributed by atoms with Crippen molar-refractivity contribution in [2.45, 2.75) is 17.8 Å². The summed E-state index contributed by atoms with van der Waals surface area (Å²) in [4.78, 5) is 2.54. The second kappa shape index (κ2) is 17.5. The molecule has 0 bridgehead atoms. The van der Waals surface area contributed by atoms with Crippen LogP contribution in [0.1, 0.15) is 45.9 Å². The molecule has 12 aromatic carbocycles. The molecule has 2 aliphatic rings. The summed E-state index contributed by atoms with van der Waals surface area (Å²) in [5.74, 6) is 0. The van der Waals surface area contributed by atoms with E-state index in [1.807, 2.05) is 0 Å². The van der Waals surface area contributed by atoms with E-state index in [0.29, 0.717) is 0 Å². The van der Waals surface area contributed by atoms with Gasteiger partial charge in [0, 0.05) is 22.2 Å². The number of nitrogens with zero attached hydrogens (tertiary/aromatic N) is 1. The van der Waals surface area contributed by atoms with Gasteiger partial charge in [0.25, 0.3) is 0 Å². The van der Waals surface area contributed by atoms with Gasteiger partial charge in [-0.3, -0.25) is 0 Å². The Labute approximate surface area is 434 Å². The summed E-state index contributed by atoms with van der Waals surface area (Å²) < 4.78 is 0. The maximum atomic E-state index is 2.54. The van der Waals surface area contributed by atoms with Crippen LogP contribution >= 0.6 is 0 Å². The van der Waals surface area contributed by atoms with Gasteiger partial charge in [-0.25, -0.2) is 0 Å². The highest BCUT2D eigenvalue weighted by atomic mass is 15.1. The van der Waals surface area contributed by atoms with Gasteiger partial charge in [0.05, 0.1) is 16.8 Å². The molecule has 1 nitrogen and oxygen atoms in total. The van der Waals surface area contributed by atoms with Crippen LogP contribution < -0.4 is 4.90 Å². The first kappa shape index (κ1) is 43.5. The standard InChI is InChI=1S/C73H51N/c1-72(53-28-8-3-9-29-53)63-40-17-14-35-61(63)70-58(38-22-42-65(70)72)51-46-48-56(49-47-51)74(67-44-19-16-34-59(67)60-39-21-27-52-26-20-37-57(69(52)60)50-24-6-2-7-25-50)68-45-23-43-66-71(68)62-36-15-18-41-64(62)73(66,54-30-10-4-11-31-54)55-32-12-5-13-33-55/h2-49H,1H3. The summed E-state index contributed by atoms with van der Waals surface area (Å²) in [6.07, 6.45) is 0. The second-order valence-electron chi connectivity index (χ2n) is 20.0. The summed E-state index contributed by atoms with van der Waals surface area (Å²) in [5, 5.41) is 2.44. The van der Waals surface area contributed by atoms with Gasteiger partial charge in [0.2, 0.25) is 0 Å². The Morgan fingerprint density at radius 2 is 0.716 bits per heavy atom. The molecule has 0 aliphatic heterocycles. The molecule has 74 heavy (non-hydrogen) atoms. The fourth-order valence-electron chi connectivity index (χ4n) is 13.0. The largest absolute Gasteiger partial charge is 0.309 e. The predicted octanol–water partition coefficient (Wildman–Crippen LogP) is 19.0. The minimum absolute atomic E-state index is 0.287. The Balaban J connectivity index is 1.02. The van der Waals surface area contributed by atoms with Crippen molar-refractivity contribution in [2.75, 3.05) is 4.90 Å². The molecule has 0 N–H and O–H groups in total. The molecule has 2 aliphatic carbocycles. The number of anilines is 3. The van der Waals surface area contributed by atoms with Gasteiger partial charge in [-0.15, -0.1) is 0 Å². The normalized spacial score (nSPS) is 14.7. The number of para-hydroxylation sites is 1. The van der Waals surface area contributed by atoms with Crippen LogP contribution in [0.5, 0.6) is 0 Å². The summed E-state index contributed by atoms with van der Waals surface area (Å²) in [6.45, 7) is 2.40. The lowest BCUT2D eigenvalue weighted by Crippen LogP contribution is -2.28. The maximum Gasteiger partial charge on any atom is 0.0714 e. The Morgan fingerprint density at radius 3 is 1.39 bits per heavy atom. The molecule has 348 valence electrons. The van der Waals surface area contributed by atoms with Crippen LogP contribution in [-0.2, 0) is 10.8 Å². The lowest BCUT2D eigenvalue weighted by atomic mass is 9.68. The van der Waals surface area contributed by atoms with E-state index in [0.717, 1.165) is 22.6 Å². The van der Waals surface area contributed by atoms with Crippen LogP contribution in [0.2, 0.25) is 0 Å². The van der Waals surface area contributed by atoms with Gasteiger partial charge in [-0.05, 0) is 125 Å². The van der Waals surface area contributed by atoms with Crippen molar-refractivity contribution in [1.29, 1.82) is 0 Å². The summed E-state index contributed by atoms with van der Waals surface area (Å²) in [7, 11) is 0. The second-order valence-corrected chi connectivity index (χ2v) is 20.0. The van der Waals surface area contributed by atoms with Gasteiger partial charge in [-0.1, -0.05) is 267 Å². The van der Waals surface area contributed by atoms with E-state index < -0.39 is 5.41 Å². The average Bonchev–Trinajstić information content (AvgIpc) is 4.04. The van der Waals surface area contributed by atoms with E-state index >= 15 is 0 Å². The van der Waals surface area contributed by atoms with Gasteiger partial charge in [0.15, 0.2) is 0 Å². The zero-order chi connectivity index (χ0) is 49.2. The lowest BCUT2D eigenvalue weighted by Gasteiger charge is -2.34. The lowest BCUT2D eigenvalue weighted by molar-refractivity contribution is 0.714. The molecule has 12 aromatic rings. The van der Waals surface area contributed by atoms with E-state index in [9.17, 15) is 0 Å². The molecule has 0 fully saturated rings. The van der Waals surface area contributed by atoms with Gasteiger partial charge in [0.1, 0.15) is 0 Å². The predicted molar refractivity (Wildman–Crippen MR) is 310 cm³/mol. The number of fused-ring (bicyclic) bond motifs is 7. The number of rotatable bonds is 9. The molecule has 0 heterocycles. The summed E-state index contributed by atoms with van der Waals surface area (Å²) in [5.41, 5.74) is 23.8. The Hall–Kier alpha value is -9.30. The van der Waals surface area contributed by atoms with Crippen molar-refractivity contribution in [3.63, 3.8) is 0 Å². The highest BCUT2D eigenvalue weighted by Gasteiger charge is 2.47. The minimum atomic E-state index is -0.558. The molecule has 0 saturated heterocycles. The van der Waals surface area contributed by atoms with Crippen molar-refractivity contribution in [3.8, 4) is 55.6 Å². The first-order valence-corrected chi connectivity index (χ1v) is 25.8. The molecule has 0 saturated carbocycles. The highest BCUT2D eigenvalue weighted by molar-refractivity contribution is 6.09. The van der Waals surface area contributed by atoms with Crippen molar-refractivity contribution < 1.29 is 0 Å². The van der Waals surface area contributed by atoms with Gasteiger partial charge < -0.3 is 4.90 Å². The molecular formula is C73H51N. The minimum Gasteiger partial charge on any atom is -0.309 e. The van der Waals surface area contributed by atoms with E-state index in [2.05, 4.69) is 303 Å². The topological polar surface area (TPSA) is 3.24 Å². The average molecular weight is 942 g/mol. The third kappa shape index (κ3) is 6.50. The van der Waals surface area contributed by atoms with Crippen LogP contribution in [0.3, 0.4) is 0 Å². The molecule has 1 unspecified atom stereocenters. The highest BCUT2D eigenvalue weighted by Crippen LogP contribution is 2.61. The fraction of sp³-hybridized carbons (Fsp3) is 0.0411. The third-order valence-corrected chi connectivity index (χ3v) is 16.3. The Kier molecular flexibility index (Phi) is 10.3.